The van der Waals surface area contributed by atoms with E-state index in [4.69, 9.17) is 14.2 Å². The van der Waals surface area contributed by atoms with Crippen molar-refractivity contribution in [1.29, 1.82) is 0 Å². The molecule has 15 atom stereocenters. The average molecular weight is 588 g/mol. The van der Waals surface area contributed by atoms with Gasteiger partial charge in [-0.25, -0.2) is 0 Å². The fraction of sp³-hybridized carbons (Fsp3) is 0.848. The van der Waals surface area contributed by atoms with Crippen molar-refractivity contribution in [3.05, 3.63) is 22.8 Å². The molecule has 5 fully saturated rings. The number of ether oxygens (including phenoxy) is 3. The molecule has 5 N–H and O–H groups in total. The third-order valence-electron chi connectivity index (χ3n) is 12.8. The molecule has 234 valence electrons. The van der Waals surface area contributed by atoms with Gasteiger partial charge in [-0.2, -0.15) is 0 Å². The first-order valence-corrected chi connectivity index (χ1v) is 16.3. The van der Waals surface area contributed by atoms with Crippen molar-refractivity contribution in [2.75, 3.05) is 13.2 Å². The SMILES string of the molecule is CC1=C2C(=O)[C@@H]3[C@@H](CC=C4C[C@@H](O[C@H]5O[C@@H](CO)[C@H](O)[C@@H](O)[C@@H]5O)CC[C@]43C)[C@@H]2CC[C@]12O[C@@H]1C[C@H](C)CN[C@@H]1[C@@H]2C. The molecule has 2 saturated carbocycles. The molecule has 3 aliphatic heterocycles. The lowest BCUT2D eigenvalue weighted by atomic mass is 9.56. The van der Waals surface area contributed by atoms with Gasteiger partial charge in [0.2, 0.25) is 0 Å². The second-order valence-electron chi connectivity index (χ2n) is 14.9. The fourth-order valence-corrected chi connectivity index (χ4v) is 10.4. The van der Waals surface area contributed by atoms with Gasteiger partial charge in [0.05, 0.1) is 24.4 Å². The molecule has 42 heavy (non-hydrogen) atoms. The van der Waals surface area contributed by atoms with Crippen LogP contribution in [0.15, 0.2) is 22.8 Å². The summed E-state index contributed by atoms with van der Waals surface area (Å²) in [6.07, 6.45) is 1.93. The number of fused-ring (bicyclic) bond motifs is 6. The molecule has 3 heterocycles. The molecule has 0 aromatic carbocycles. The predicted octanol–water partition coefficient (Wildman–Crippen LogP) is 2.01. The zero-order valence-corrected chi connectivity index (χ0v) is 25.4. The van der Waals surface area contributed by atoms with E-state index < -0.39 is 37.3 Å². The Bertz CT molecular complexity index is 1170. The zero-order valence-electron chi connectivity index (χ0n) is 25.4. The molecule has 0 aromatic rings. The number of aliphatic hydroxyl groups is 4. The van der Waals surface area contributed by atoms with Crippen LogP contribution in [0, 0.1) is 35.0 Å². The maximum Gasteiger partial charge on any atom is 0.186 e. The summed E-state index contributed by atoms with van der Waals surface area (Å²) >= 11 is 0. The highest BCUT2D eigenvalue weighted by Crippen LogP contribution is 2.64. The van der Waals surface area contributed by atoms with Crippen molar-refractivity contribution in [3.63, 3.8) is 0 Å². The number of piperidine rings is 1. The van der Waals surface area contributed by atoms with Gasteiger partial charge in [-0.05, 0) is 87.2 Å². The van der Waals surface area contributed by atoms with Crippen LogP contribution in [0.3, 0.4) is 0 Å². The number of allylic oxidation sites excluding steroid dienone is 2. The molecule has 0 aromatic heterocycles. The second-order valence-corrected chi connectivity index (χ2v) is 14.9. The van der Waals surface area contributed by atoms with Crippen molar-refractivity contribution < 1.29 is 39.4 Å². The predicted molar refractivity (Wildman–Crippen MR) is 153 cm³/mol. The lowest BCUT2D eigenvalue weighted by Gasteiger charge is -2.49. The highest BCUT2D eigenvalue weighted by atomic mass is 16.7. The molecule has 0 unspecified atom stereocenters. The van der Waals surface area contributed by atoms with E-state index in [9.17, 15) is 25.2 Å². The summed E-state index contributed by atoms with van der Waals surface area (Å²) in [7, 11) is 0. The topological polar surface area (TPSA) is 138 Å². The number of ketones is 1. The number of hydrogen-bond acceptors (Lipinski definition) is 9. The number of hydrogen-bond donors (Lipinski definition) is 5. The third-order valence-corrected chi connectivity index (χ3v) is 12.8. The van der Waals surface area contributed by atoms with E-state index in [0.29, 0.717) is 42.4 Å². The number of carbonyl (C=O) groups is 1. The molecule has 0 amide bonds. The van der Waals surface area contributed by atoms with Gasteiger partial charge in [-0.15, -0.1) is 0 Å². The Kier molecular flexibility index (Phi) is 7.34. The smallest absolute Gasteiger partial charge is 0.186 e. The zero-order chi connectivity index (χ0) is 29.7. The van der Waals surface area contributed by atoms with Crippen molar-refractivity contribution in [3.8, 4) is 0 Å². The Morgan fingerprint density at radius 2 is 1.90 bits per heavy atom. The van der Waals surface area contributed by atoms with Gasteiger partial charge in [0, 0.05) is 23.5 Å². The molecule has 3 saturated heterocycles. The molecule has 7 rings (SSSR count). The molecular weight excluding hydrogens is 538 g/mol. The van der Waals surface area contributed by atoms with Gasteiger partial charge in [0.25, 0.3) is 0 Å². The highest BCUT2D eigenvalue weighted by molar-refractivity contribution is 6.02. The van der Waals surface area contributed by atoms with Gasteiger partial charge in [-0.3, -0.25) is 4.79 Å². The van der Waals surface area contributed by atoms with Crippen molar-refractivity contribution >= 4 is 5.78 Å². The minimum atomic E-state index is -1.46. The molecule has 4 aliphatic carbocycles. The van der Waals surface area contributed by atoms with Gasteiger partial charge >= 0.3 is 0 Å². The van der Waals surface area contributed by atoms with E-state index in [1.807, 2.05) is 0 Å². The van der Waals surface area contributed by atoms with Crippen molar-refractivity contribution in [2.45, 2.75) is 127 Å². The van der Waals surface area contributed by atoms with Crippen molar-refractivity contribution in [1.82, 2.24) is 5.32 Å². The van der Waals surface area contributed by atoms with Crippen LogP contribution in [-0.4, -0.2) is 93.9 Å². The first kappa shape index (κ1) is 29.5. The Morgan fingerprint density at radius 1 is 1.12 bits per heavy atom. The van der Waals surface area contributed by atoms with E-state index in [2.05, 4.69) is 39.1 Å². The number of nitrogens with one attached hydrogen (secondary N) is 1. The maximum absolute atomic E-state index is 14.5. The van der Waals surface area contributed by atoms with Crippen LogP contribution >= 0.6 is 0 Å². The summed E-state index contributed by atoms with van der Waals surface area (Å²) in [5, 5.41) is 44.2. The number of rotatable bonds is 3. The van der Waals surface area contributed by atoms with E-state index in [1.54, 1.807) is 0 Å². The summed E-state index contributed by atoms with van der Waals surface area (Å²) in [5.41, 5.74) is 2.89. The average Bonchev–Trinajstić information content (AvgIpc) is 3.42. The molecule has 1 spiro atoms. The van der Waals surface area contributed by atoms with Crippen LogP contribution in [0.2, 0.25) is 0 Å². The van der Waals surface area contributed by atoms with Crippen LogP contribution in [0.5, 0.6) is 0 Å². The quantitative estimate of drug-likeness (QED) is 0.314. The van der Waals surface area contributed by atoms with E-state index >= 15 is 0 Å². The van der Waals surface area contributed by atoms with Crippen LogP contribution in [0.25, 0.3) is 0 Å². The first-order chi connectivity index (χ1) is 20.0. The van der Waals surface area contributed by atoms with Crippen LogP contribution < -0.4 is 5.32 Å². The standard InChI is InChI=1S/C33H49NO8/c1-15-11-22-26(34-13-15)17(3)33(42-22)10-8-20-21-6-5-18-12-19(40-31-30(39)29(38)27(36)23(14-35)41-31)7-9-32(18,4)25(21)28(37)24(20)16(33)2/h5,15,17,19-23,25-27,29-31,34-36,38-39H,6-14H2,1-4H3/t15-,17-,19-,20-,21-,22+,23-,25-,26+,27-,29+,30-,31-,32+,33-/m0/s1. The lowest BCUT2D eigenvalue weighted by molar-refractivity contribution is -0.312. The van der Waals surface area contributed by atoms with Crippen molar-refractivity contribution in [2.24, 2.45) is 35.0 Å². The number of Topliss-reactive ketones (excluding diaryl/α,β-unsaturated/α-hetero) is 1. The highest BCUT2D eigenvalue weighted by Gasteiger charge is 2.63. The van der Waals surface area contributed by atoms with E-state index in [-0.39, 0.29) is 35.1 Å². The van der Waals surface area contributed by atoms with Gasteiger partial charge in [0.1, 0.15) is 24.4 Å². The van der Waals surface area contributed by atoms with Crippen LogP contribution in [0.1, 0.15) is 72.6 Å². The number of aliphatic hydroxyl groups excluding tert-OH is 4. The molecule has 0 bridgehead atoms. The Hall–Kier alpha value is -1.17. The fourth-order valence-electron chi connectivity index (χ4n) is 10.4. The normalized spacial score (nSPS) is 53.9. The number of carbonyl (C=O) groups excluding carboxylic acids is 1. The molecule has 0 radical (unpaired) electrons. The van der Waals surface area contributed by atoms with E-state index in [1.165, 1.54) is 11.1 Å². The molecule has 9 nitrogen and oxygen atoms in total. The Morgan fingerprint density at radius 3 is 2.67 bits per heavy atom. The summed E-state index contributed by atoms with van der Waals surface area (Å²) in [4.78, 5) is 14.5. The lowest BCUT2D eigenvalue weighted by Crippen LogP contribution is -2.60. The second kappa shape index (κ2) is 10.4. The molecule has 7 aliphatic rings. The van der Waals surface area contributed by atoms with Crippen LogP contribution in [0.4, 0.5) is 0 Å². The minimum absolute atomic E-state index is 0.0482. The summed E-state index contributed by atoms with van der Waals surface area (Å²) < 4.78 is 18.8. The largest absolute Gasteiger partial charge is 0.394 e. The monoisotopic (exact) mass is 587 g/mol. The first-order valence-electron chi connectivity index (χ1n) is 16.3. The maximum atomic E-state index is 14.5. The molecule has 9 heteroatoms. The van der Waals surface area contributed by atoms with Gasteiger partial charge in [0.15, 0.2) is 12.1 Å². The Labute approximate surface area is 248 Å². The van der Waals surface area contributed by atoms with Gasteiger partial charge in [-0.1, -0.05) is 32.4 Å². The third kappa shape index (κ3) is 4.14. The Balaban J connectivity index is 1.11. The van der Waals surface area contributed by atoms with E-state index in [0.717, 1.165) is 44.2 Å². The summed E-state index contributed by atoms with van der Waals surface area (Å²) in [5.74, 6) is 1.81. The molecular formula is C33H49NO8. The van der Waals surface area contributed by atoms with Gasteiger partial charge < -0.3 is 40.0 Å². The summed E-state index contributed by atoms with van der Waals surface area (Å²) in [6.45, 7) is 9.60. The minimum Gasteiger partial charge on any atom is -0.394 e. The van der Waals surface area contributed by atoms with Crippen LogP contribution in [-0.2, 0) is 19.0 Å². The summed E-state index contributed by atoms with van der Waals surface area (Å²) in [6, 6.07) is 0.344.